The van der Waals surface area contributed by atoms with Crippen molar-refractivity contribution in [3.63, 3.8) is 0 Å². The summed E-state index contributed by atoms with van der Waals surface area (Å²) < 4.78 is 5.38. The highest BCUT2D eigenvalue weighted by Crippen LogP contribution is 2.27. The van der Waals surface area contributed by atoms with Gasteiger partial charge < -0.3 is 4.74 Å². The van der Waals surface area contributed by atoms with Gasteiger partial charge in [0, 0.05) is 22.0 Å². The monoisotopic (exact) mass is 326 g/mol. The Morgan fingerprint density at radius 1 is 1.38 bits per heavy atom. The van der Waals surface area contributed by atoms with Gasteiger partial charge in [0.1, 0.15) is 6.10 Å². The van der Waals surface area contributed by atoms with E-state index in [1.165, 1.54) is 0 Å². The molecule has 0 N–H and O–H groups in total. The van der Waals surface area contributed by atoms with Crippen LogP contribution < -0.4 is 4.90 Å². The Labute approximate surface area is 135 Å². The molecule has 0 spiro atoms. The summed E-state index contributed by atoms with van der Waals surface area (Å²) >= 11 is 8.61. The summed E-state index contributed by atoms with van der Waals surface area (Å²) in [5.74, 6) is 0. The van der Waals surface area contributed by atoms with Crippen LogP contribution in [0.4, 0.5) is 10.5 Å². The van der Waals surface area contributed by atoms with Gasteiger partial charge in [0.2, 0.25) is 0 Å². The van der Waals surface area contributed by atoms with E-state index in [4.69, 9.17) is 4.74 Å². The number of rotatable bonds is 5. The molecule has 1 aromatic carbocycles. The van der Waals surface area contributed by atoms with Crippen LogP contribution in [0, 0.1) is 0 Å². The van der Waals surface area contributed by atoms with Crippen LogP contribution in [-0.4, -0.2) is 43.9 Å². The molecule has 21 heavy (non-hydrogen) atoms. The van der Waals surface area contributed by atoms with Crippen molar-refractivity contribution in [1.82, 2.24) is 5.01 Å². The van der Waals surface area contributed by atoms with Gasteiger partial charge in [0.15, 0.2) is 0 Å². The molecule has 0 aliphatic carbocycles. The predicted molar refractivity (Wildman–Crippen MR) is 86.6 cm³/mol. The summed E-state index contributed by atoms with van der Waals surface area (Å²) in [6.45, 7) is 3.67. The number of anilines is 1. The highest BCUT2D eigenvalue weighted by Gasteiger charge is 2.33. The van der Waals surface area contributed by atoms with Crippen molar-refractivity contribution in [2.75, 3.05) is 31.6 Å². The number of hydrogen-bond donors (Lipinski definition) is 2. The van der Waals surface area contributed by atoms with Gasteiger partial charge in [-0.1, -0.05) is 5.22 Å². The summed E-state index contributed by atoms with van der Waals surface area (Å²) in [6, 6.07) is 5.45. The highest BCUT2D eigenvalue weighted by molar-refractivity contribution is 7.81. The maximum Gasteiger partial charge on any atom is 0.414 e. The van der Waals surface area contributed by atoms with E-state index < -0.39 is 0 Å². The summed E-state index contributed by atoms with van der Waals surface area (Å²) in [5.41, 5.74) is 0.736. The minimum Gasteiger partial charge on any atom is -0.442 e. The second-order valence-corrected chi connectivity index (χ2v) is 5.65. The van der Waals surface area contributed by atoms with E-state index in [9.17, 15) is 4.79 Å². The molecule has 1 aliphatic rings. The summed E-state index contributed by atoms with van der Waals surface area (Å²) in [5, 5.41) is 9.49. The van der Waals surface area contributed by atoms with Crippen molar-refractivity contribution in [2.24, 2.45) is 10.3 Å². The molecule has 1 amide bonds. The lowest BCUT2D eigenvalue weighted by Crippen LogP contribution is -2.31. The SMILES string of the molecule is CCN(CC1CN(c2cc(S)cc(S)c2)C(=O)O1)N=NC. The molecule has 1 fully saturated rings. The molecule has 0 saturated carbocycles. The normalized spacial score (nSPS) is 18.4. The Hall–Kier alpha value is -1.41. The average Bonchev–Trinajstić information content (AvgIpc) is 2.78. The number of amides is 1. The fourth-order valence-electron chi connectivity index (χ4n) is 2.15. The molecule has 2 rings (SSSR count). The Bertz CT molecular complexity index is 533. The van der Waals surface area contributed by atoms with Gasteiger partial charge in [-0.15, -0.1) is 25.3 Å². The third-order valence-electron chi connectivity index (χ3n) is 3.07. The van der Waals surface area contributed by atoms with E-state index in [1.807, 2.05) is 25.1 Å². The molecule has 0 bridgehead atoms. The quantitative estimate of drug-likeness (QED) is 0.497. The zero-order valence-electron chi connectivity index (χ0n) is 11.9. The molecule has 1 aliphatic heterocycles. The second-order valence-electron chi connectivity index (χ2n) is 4.62. The first-order chi connectivity index (χ1) is 10.0. The first-order valence-corrected chi connectivity index (χ1v) is 7.48. The van der Waals surface area contributed by atoms with E-state index >= 15 is 0 Å². The second kappa shape index (κ2) is 7.04. The Kier molecular flexibility index (Phi) is 5.35. The summed E-state index contributed by atoms with van der Waals surface area (Å²) in [6.07, 6.45) is -0.606. The third kappa shape index (κ3) is 4.04. The average molecular weight is 326 g/mol. The number of hydrogen-bond acceptors (Lipinski definition) is 6. The number of thiol groups is 2. The predicted octanol–water partition coefficient (Wildman–Crippen LogP) is 2.91. The van der Waals surface area contributed by atoms with Crippen molar-refractivity contribution in [1.29, 1.82) is 0 Å². The molecule has 8 heteroatoms. The van der Waals surface area contributed by atoms with Crippen LogP contribution in [0.1, 0.15) is 6.92 Å². The maximum absolute atomic E-state index is 12.0. The van der Waals surface area contributed by atoms with Crippen LogP contribution in [0.2, 0.25) is 0 Å². The van der Waals surface area contributed by atoms with E-state index in [2.05, 4.69) is 35.6 Å². The van der Waals surface area contributed by atoms with E-state index in [-0.39, 0.29) is 12.2 Å². The Morgan fingerprint density at radius 2 is 2.05 bits per heavy atom. The number of nitrogens with zero attached hydrogens (tertiary/aromatic N) is 4. The first kappa shape index (κ1) is 16.0. The van der Waals surface area contributed by atoms with Crippen LogP contribution in [0.15, 0.2) is 38.3 Å². The smallest absolute Gasteiger partial charge is 0.414 e. The molecule has 1 aromatic rings. The van der Waals surface area contributed by atoms with Gasteiger partial charge in [0.05, 0.1) is 20.1 Å². The van der Waals surface area contributed by atoms with Gasteiger partial charge in [-0.2, -0.15) is 5.11 Å². The zero-order valence-corrected chi connectivity index (χ0v) is 13.7. The number of ether oxygens (including phenoxy) is 1. The van der Waals surface area contributed by atoms with Crippen LogP contribution in [0.5, 0.6) is 0 Å². The van der Waals surface area contributed by atoms with Gasteiger partial charge in [-0.3, -0.25) is 9.91 Å². The number of likely N-dealkylation sites (N-methyl/N-ethyl adjacent to an activating group) is 1. The number of benzene rings is 1. The summed E-state index contributed by atoms with van der Waals surface area (Å²) in [7, 11) is 1.61. The van der Waals surface area contributed by atoms with E-state index in [1.54, 1.807) is 17.0 Å². The Balaban J connectivity index is 2.08. The van der Waals surface area contributed by atoms with Crippen LogP contribution in [0.25, 0.3) is 0 Å². The first-order valence-electron chi connectivity index (χ1n) is 6.59. The molecule has 0 radical (unpaired) electrons. The van der Waals surface area contributed by atoms with Crippen molar-refractivity contribution in [2.45, 2.75) is 22.8 Å². The van der Waals surface area contributed by atoms with Gasteiger partial charge in [0.25, 0.3) is 0 Å². The fourth-order valence-corrected chi connectivity index (χ4v) is 2.80. The zero-order chi connectivity index (χ0) is 15.4. The lowest BCUT2D eigenvalue weighted by atomic mass is 10.2. The van der Waals surface area contributed by atoms with Crippen LogP contribution >= 0.6 is 25.3 Å². The van der Waals surface area contributed by atoms with Crippen molar-refractivity contribution < 1.29 is 9.53 Å². The molecule has 1 unspecified atom stereocenters. The Morgan fingerprint density at radius 3 is 2.62 bits per heavy atom. The highest BCUT2D eigenvalue weighted by atomic mass is 32.1. The molecule has 0 aromatic heterocycles. The lowest BCUT2D eigenvalue weighted by molar-refractivity contribution is 0.108. The number of carbonyl (C=O) groups excluding carboxylic acids is 1. The number of cyclic esters (lactones) is 1. The van der Waals surface area contributed by atoms with E-state index in [0.29, 0.717) is 19.6 Å². The molecule has 1 atom stereocenters. The molecule has 1 saturated heterocycles. The largest absolute Gasteiger partial charge is 0.442 e. The maximum atomic E-state index is 12.0. The fraction of sp³-hybridized carbons (Fsp3) is 0.462. The molecule has 6 nitrogen and oxygen atoms in total. The minimum atomic E-state index is -0.365. The minimum absolute atomic E-state index is 0.241. The topological polar surface area (TPSA) is 57.5 Å². The summed E-state index contributed by atoms with van der Waals surface area (Å²) in [4.78, 5) is 15.1. The van der Waals surface area contributed by atoms with Crippen molar-refractivity contribution >= 4 is 37.0 Å². The van der Waals surface area contributed by atoms with Gasteiger partial charge in [-0.25, -0.2) is 4.79 Å². The van der Waals surface area contributed by atoms with E-state index in [0.717, 1.165) is 15.5 Å². The molecular formula is C13H18N4O2S2. The van der Waals surface area contributed by atoms with Gasteiger partial charge >= 0.3 is 6.09 Å². The van der Waals surface area contributed by atoms with Crippen molar-refractivity contribution in [3.05, 3.63) is 18.2 Å². The molecular weight excluding hydrogens is 308 g/mol. The molecule has 1 heterocycles. The third-order valence-corrected chi connectivity index (χ3v) is 3.58. The standard InChI is InChI=1S/C13H18N4O2S2/c1-3-16(15-14-2)7-10-8-17(13(18)19-10)9-4-11(20)6-12(21)5-9/h4-6,10,20-21H,3,7-8H2,1-2H3. The molecule has 114 valence electrons. The van der Waals surface area contributed by atoms with Crippen molar-refractivity contribution in [3.8, 4) is 0 Å². The van der Waals surface area contributed by atoms with Crippen LogP contribution in [0.3, 0.4) is 0 Å². The number of carbonyl (C=O) groups is 1. The van der Waals surface area contributed by atoms with Gasteiger partial charge in [-0.05, 0) is 25.1 Å². The van der Waals surface area contributed by atoms with Crippen LogP contribution in [-0.2, 0) is 4.74 Å². The lowest BCUT2D eigenvalue weighted by Gasteiger charge is -2.18.